The van der Waals surface area contributed by atoms with E-state index in [-0.39, 0.29) is 18.2 Å². The molecule has 74 valence electrons. The molecule has 2 saturated heterocycles. The maximum absolute atomic E-state index is 11.4. The van der Waals surface area contributed by atoms with Crippen molar-refractivity contribution in [1.29, 1.82) is 0 Å². The summed E-state index contributed by atoms with van der Waals surface area (Å²) in [5, 5.41) is 0. The van der Waals surface area contributed by atoms with Gasteiger partial charge in [-0.15, -0.1) is 0 Å². The summed E-state index contributed by atoms with van der Waals surface area (Å²) in [4.78, 5) is 13.1. The Morgan fingerprint density at radius 3 is 2.85 bits per heavy atom. The first-order chi connectivity index (χ1) is 6.22. The third-order valence-electron chi connectivity index (χ3n) is 3.23. The van der Waals surface area contributed by atoms with E-state index >= 15 is 0 Å². The monoisotopic (exact) mass is 184 g/mol. The number of hydrogen-bond donors (Lipinski definition) is 1. The number of nitrogens with two attached hydrogens (primary N) is 1. The molecule has 2 bridgehead atoms. The quantitative estimate of drug-likeness (QED) is 0.598. The van der Waals surface area contributed by atoms with Crippen LogP contribution >= 0.6 is 0 Å². The Hall–Kier alpha value is -0.770. The Morgan fingerprint density at radius 1 is 1.54 bits per heavy atom. The first-order valence-corrected chi connectivity index (χ1v) is 4.82. The number of fused-ring (bicyclic) bond motifs is 3. The highest BCUT2D eigenvalue weighted by atomic mass is 16.5. The third-order valence-corrected chi connectivity index (χ3v) is 3.23. The van der Waals surface area contributed by atoms with E-state index in [1.807, 2.05) is 0 Å². The van der Waals surface area contributed by atoms with Crippen molar-refractivity contribution in [1.82, 2.24) is 4.90 Å². The van der Waals surface area contributed by atoms with Crippen LogP contribution in [0.3, 0.4) is 0 Å². The summed E-state index contributed by atoms with van der Waals surface area (Å²) in [5.41, 5.74) is 5.95. The number of nitrogens with zero attached hydrogens (tertiary/aromatic N) is 1. The Labute approximate surface area is 78.0 Å². The van der Waals surface area contributed by atoms with Crippen LogP contribution < -0.4 is 5.73 Å². The minimum Gasteiger partial charge on any atom is -0.453 e. The van der Waals surface area contributed by atoms with Gasteiger partial charge in [-0.1, -0.05) is 0 Å². The largest absolute Gasteiger partial charge is 0.453 e. The van der Waals surface area contributed by atoms with E-state index in [2.05, 4.69) is 0 Å². The topological polar surface area (TPSA) is 55.6 Å². The van der Waals surface area contributed by atoms with Crippen molar-refractivity contribution in [3.05, 3.63) is 0 Å². The van der Waals surface area contributed by atoms with Crippen LogP contribution in [0.15, 0.2) is 0 Å². The zero-order chi connectivity index (χ0) is 9.42. The van der Waals surface area contributed by atoms with Gasteiger partial charge in [-0.25, -0.2) is 4.79 Å². The molecule has 1 saturated carbocycles. The molecule has 1 aliphatic carbocycles. The van der Waals surface area contributed by atoms with Crippen LogP contribution in [-0.4, -0.2) is 36.7 Å². The molecule has 0 unspecified atom stereocenters. The minimum absolute atomic E-state index is 0.159. The summed E-state index contributed by atoms with van der Waals surface area (Å²) in [6, 6.07) is 0.379. The molecule has 1 amide bonds. The van der Waals surface area contributed by atoms with Gasteiger partial charge >= 0.3 is 6.09 Å². The second kappa shape index (κ2) is 3.18. The molecule has 0 aromatic heterocycles. The normalized spacial score (nSPS) is 37.7. The lowest BCUT2D eigenvalue weighted by molar-refractivity contribution is 0.0276. The lowest BCUT2D eigenvalue weighted by Crippen LogP contribution is -2.60. The molecular formula is C9H16N2O2. The summed E-state index contributed by atoms with van der Waals surface area (Å²) in [6.45, 7) is 0.838. The molecule has 2 aliphatic heterocycles. The highest BCUT2D eigenvalue weighted by molar-refractivity contribution is 5.68. The van der Waals surface area contributed by atoms with Gasteiger partial charge in [-0.2, -0.15) is 0 Å². The predicted octanol–water partition coefficient (Wildman–Crippen LogP) is 0.564. The SMILES string of the molecule is COC(=O)N1C[C@H]2CC[C@H]1[C@@H](N)C2. The van der Waals surface area contributed by atoms with E-state index in [9.17, 15) is 4.79 Å². The number of amides is 1. The summed E-state index contributed by atoms with van der Waals surface area (Å²) >= 11 is 0. The molecule has 0 radical (unpaired) electrons. The average molecular weight is 184 g/mol. The van der Waals surface area contributed by atoms with Gasteiger partial charge in [0.05, 0.1) is 13.2 Å². The van der Waals surface area contributed by atoms with Crippen molar-refractivity contribution >= 4 is 6.09 Å². The minimum atomic E-state index is -0.218. The molecule has 0 aromatic rings. The second-order valence-electron chi connectivity index (χ2n) is 4.03. The first kappa shape index (κ1) is 8.81. The van der Waals surface area contributed by atoms with E-state index in [1.54, 1.807) is 4.90 Å². The van der Waals surface area contributed by atoms with E-state index in [4.69, 9.17) is 10.5 Å². The van der Waals surface area contributed by atoms with Crippen LogP contribution in [0.4, 0.5) is 4.79 Å². The van der Waals surface area contributed by atoms with Crippen molar-refractivity contribution in [3.8, 4) is 0 Å². The lowest BCUT2D eigenvalue weighted by Gasteiger charge is -2.47. The first-order valence-electron chi connectivity index (χ1n) is 4.82. The Balaban J connectivity index is 2.10. The number of rotatable bonds is 0. The number of piperidine rings is 2. The number of ether oxygens (including phenoxy) is 1. The van der Waals surface area contributed by atoms with Gasteiger partial charge in [0.15, 0.2) is 0 Å². The zero-order valence-electron chi connectivity index (χ0n) is 7.90. The number of hydrogen-bond acceptors (Lipinski definition) is 3. The van der Waals surface area contributed by atoms with E-state index in [0.29, 0.717) is 5.92 Å². The Kier molecular flexibility index (Phi) is 2.15. The number of methoxy groups -OCH3 is 1. The fraction of sp³-hybridized carbons (Fsp3) is 0.889. The number of carbonyl (C=O) groups is 1. The molecule has 3 aliphatic rings. The molecule has 3 rings (SSSR count). The van der Waals surface area contributed by atoms with Gasteiger partial charge in [0.2, 0.25) is 0 Å². The van der Waals surface area contributed by atoms with Crippen molar-refractivity contribution in [2.45, 2.75) is 31.3 Å². The fourth-order valence-electron chi connectivity index (χ4n) is 2.57. The molecule has 2 heterocycles. The highest BCUT2D eigenvalue weighted by Gasteiger charge is 2.41. The van der Waals surface area contributed by atoms with Crippen LogP contribution in [0.1, 0.15) is 19.3 Å². The molecule has 4 heteroatoms. The average Bonchev–Trinajstić information content (AvgIpc) is 2.17. The lowest BCUT2D eigenvalue weighted by atomic mass is 9.77. The smallest absolute Gasteiger partial charge is 0.409 e. The summed E-state index contributed by atoms with van der Waals surface area (Å²) < 4.78 is 4.72. The van der Waals surface area contributed by atoms with Crippen molar-refractivity contribution in [2.75, 3.05) is 13.7 Å². The summed E-state index contributed by atoms with van der Waals surface area (Å²) in [7, 11) is 1.43. The molecule has 13 heavy (non-hydrogen) atoms. The Morgan fingerprint density at radius 2 is 2.31 bits per heavy atom. The molecule has 0 aromatic carbocycles. The fourth-order valence-corrected chi connectivity index (χ4v) is 2.57. The van der Waals surface area contributed by atoms with Gasteiger partial charge in [0, 0.05) is 12.6 Å². The molecular weight excluding hydrogens is 168 g/mol. The summed E-state index contributed by atoms with van der Waals surface area (Å²) in [6.07, 6.45) is 3.11. The summed E-state index contributed by atoms with van der Waals surface area (Å²) in [5.74, 6) is 0.596. The Bertz CT molecular complexity index is 220. The standard InChI is InChI=1S/C9H16N2O2/c1-13-9(12)11-5-6-2-3-8(11)7(10)4-6/h6-8H,2-5,10H2,1H3/t6-,7-,8-/m0/s1. The van der Waals surface area contributed by atoms with Crippen molar-refractivity contribution in [2.24, 2.45) is 11.7 Å². The van der Waals surface area contributed by atoms with Gasteiger partial charge in [0.1, 0.15) is 0 Å². The van der Waals surface area contributed by atoms with Crippen LogP contribution in [0.25, 0.3) is 0 Å². The van der Waals surface area contributed by atoms with Crippen LogP contribution in [0, 0.1) is 5.92 Å². The van der Waals surface area contributed by atoms with Crippen molar-refractivity contribution < 1.29 is 9.53 Å². The molecule has 2 N–H and O–H groups in total. The van der Waals surface area contributed by atoms with Gasteiger partial charge in [-0.05, 0) is 25.2 Å². The van der Waals surface area contributed by atoms with Crippen LogP contribution in [-0.2, 0) is 4.74 Å². The maximum Gasteiger partial charge on any atom is 0.409 e. The van der Waals surface area contributed by atoms with Gasteiger partial charge in [-0.3, -0.25) is 0 Å². The van der Waals surface area contributed by atoms with Crippen LogP contribution in [0.5, 0.6) is 0 Å². The van der Waals surface area contributed by atoms with E-state index in [1.165, 1.54) is 13.5 Å². The zero-order valence-corrected chi connectivity index (χ0v) is 7.90. The van der Waals surface area contributed by atoms with Crippen molar-refractivity contribution in [3.63, 3.8) is 0 Å². The van der Waals surface area contributed by atoms with Crippen LogP contribution in [0.2, 0.25) is 0 Å². The third kappa shape index (κ3) is 1.39. The molecule has 4 nitrogen and oxygen atoms in total. The second-order valence-corrected chi connectivity index (χ2v) is 4.03. The van der Waals surface area contributed by atoms with Gasteiger partial charge < -0.3 is 15.4 Å². The number of carbonyl (C=O) groups excluding carboxylic acids is 1. The van der Waals surface area contributed by atoms with Gasteiger partial charge in [0.25, 0.3) is 0 Å². The van der Waals surface area contributed by atoms with E-state index in [0.717, 1.165) is 19.4 Å². The molecule has 3 atom stereocenters. The molecule has 0 spiro atoms. The predicted molar refractivity (Wildman–Crippen MR) is 48.2 cm³/mol. The maximum atomic E-state index is 11.4. The molecule has 3 fully saturated rings. The highest BCUT2D eigenvalue weighted by Crippen LogP contribution is 2.34. The van der Waals surface area contributed by atoms with E-state index < -0.39 is 0 Å².